The van der Waals surface area contributed by atoms with E-state index in [0.717, 1.165) is 6.42 Å². The summed E-state index contributed by atoms with van der Waals surface area (Å²) in [4.78, 5) is 11.3. The third kappa shape index (κ3) is 6.92. The quantitative estimate of drug-likeness (QED) is 0.418. The Morgan fingerprint density at radius 1 is 1.35 bits per heavy atom. The largest absolute Gasteiger partial charge is 0.348 e. The molecule has 1 fully saturated rings. The van der Waals surface area contributed by atoms with Gasteiger partial charge in [0.15, 0.2) is 6.29 Å². The molecule has 1 rings (SSSR count). The smallest absolute Gasteiger partial charge is 0.244 e. The van der Waals surface area contributed by atoms with Gasteiger partial charge in [-0.1, -0.05) is 38.0 Å². The van der Waals surface area contributed by atoms with E-state index in [-0.39, 0.29) is 12.2 Å². The van der Waals surface area contributed by atoms with Gasteiger partial charge in [0.25, 0.3) is 0 Å². The molecular formula is C13H21NO3. The van der Waals surface area contributed by atoms with Gasteiger partial charge in [0.2, 0.25) is 5.91 Å². The van der Waals surface area contributed by atoms with E-state index in [0.29, 0.717) is 19.8 Å². The maximum absolute atomic E-state index is 11.3. The van der Waals surface area contributed by atoms with Crippen LogP contribution in [0.3, 0.4) is 0 Å². The summed E-state index contributed by atoms with van der Waals surface area (Å²) in [7, 11) is 0. The minimum absolute atomic E-state index is 0.121. The van der Waals surface area contributed by atoms with E-state index >= 15 is 0 Å². The fourth-order valence-corrected chi connectivity index (χ4v) is 1.41. The lowest BCUT2D eigenvalue weighted by molar-refractivity contribution is -0.118. The molecule has 4 heteroatoms. The summed E-state index contributed by atoms with van der Waals surface area (Å²) in [6.45, 7) is 3.78. The number of hydrogen-bond donors (Lipinski definition) is 1. The van der Waals surface area contributed by atoms with Crippen molar-refractivity contribution in [2.45, 2.75) is 32.5 Å². The first kappa shape index (κ1) is 13.9. The van der Waals surface area contributed by atoms with E-state index in [1.54, 1.807) is 6.08 Å². The highest BCUT2D eigenvalue weighted by atomic mass is 16.7. The van der Waals surface area contributed by atoms with Crippen LogP contribution in [0.25, 0.3) is 0 Å². The van der Waals surface area contributed by atoms with Crippen molar-refractivity contribution in [3.8, 4) is 0 Å². The minimum Gasteiger partial charge on any atom is -0.348 e. The molecule has 1 aliphatic rings. The van der Waals surface area contributed by atoms with Crippen molar-refractivity contribution in [2.75, 3.05) is 19.8 Å². The molecule has 1 N–H and O–H groups in total. The van der Waals surface area contributed by atoms with Gasteiger partial charge >= 0.3 is 0 Å². The molecule has 0 aromatic rings. The first-order valence-electron chi connectivity index (χ1n) is 6.17. The fraction of sp³-hybridized carbons (Fsp3) is 0.615. The first-order chi connectivity index (χ1) is 8.33. The second-order valence-corrected chi connectivity index (χ2v) is 3.85. The highest BCUT2D eigenvalue weighted by molar-refractivity contribution is 5.87. The standard InChI is InChI=1S/C13H21NO3/c1-2-3-4-5-6-7-8-12(15)14-11-13-16-9-10-17-13/h5-8,13H,2-4,9-11H2,1H3,(H,14,15). The van der Waals surface area contributed by atoms with Gasteiger partial charge in [0.1, 0.15) is 0 Å². The number of unbranched alkanes of at least 4 members (excludes halogenated alkanes) is 2. The van der Waals surface area contributed by atoms with Gasteiger partial charge < -0.3 is 14.8 Å². The van der Waals surface area contributed by atoms with Crippen LogP contribution in [0.1, 0.15) is 26.2 Å². The average molecular weight is 239 g/mol. The molecule has 1 amide bonds. The molecule has 1 heterocycles. The van der Waals surface area contributed by atoms with Gasteiger partial charge in [-0.3, -0.25) is 4.79 Å². The summed E-state index contributed by atoms with van der Waals surface area (Å²) in [5.41, 5.74) is 0. The third-order valence-corrected chi connectivity index (χ3v) is 2.35. The van der Waals surface area contributed by atoms with Crippen LogP contribution in [0, 0.1) is 0 Å². The first-order valence-corrected chi connectivity index (χ1v) is 6.17. The van der Waals surface area contributed by atoms with Crippen LogP contribution >= 0.6 is 0 Å². The summed E-state index contributed by atoms with van der Waals surface area (Å²) < 4.78 is 10.4. The van der Waals surface area contributed by atoms with Crippen molar-refractivity contribution in [1.29, 1.82) is 0 Å². The molecule has 4 nitrogen and oxygen atoms in total. The van der Waals surface area contributed by atoms with Gasteiger partial charge in [0, 0.05) is 6.08 Å². The number of carbonyl (C=O) groups is 1. The van der Waals surface area contributed by atoms with E-state index in [4.69, 9.17) is 9.47 Å². The molecule has 0 aromatic heterocycles. The molecule has 96 valence electrons. The van der Waals surface area contributed by atoms with Crippen molar-refractivity contribution in [3.63, 3.8) is 0 Å². The van der Waals surface area contributed by atoms with E-state index in [1.165, 1.54) is 18.9 Å². The van der Waals surface area contributed by atoms with Crippen molar-refractivity contribution < 1.29 is 14.3 Å². The summed E-state index contributed by atoms with van der Waals surface area (Å²) >= 11 is 0. The summed E-state index contributed by atoms with van der Waals surface area (Å²) in [6.07, 6.45) is 10.4. The molecular weight excluding hydrogens is 218 g/mol. The highest BCUT2D eigenvalue weighted by Gasteiger charge is 2.15. The van der Waals surface area contributed by atoms with E-state index in [9.17, 15) is 4.79 Å². The van der Waals surface area contributed by atoms with Gasteiger partial charge in [-0.25, -0.2) is 0 Å². The molecule has 0 spiro atoms. The minimum atomic E-state index is -0.285. The molecule has 0 unspecified atom stereocenters. The molecule has 0 atom stereocenters. The summed E-state index contributed by atoms with van der Waals surface area (Å²) in [5.74, 6) is -0.121. The predicted octanol–water partition coefficient (Wildman–Crippen LogP) is 1.78. The number of rotatable bonds is 7. The maximum atomic E-state index is 11.3. The van der Waals surface area contributed by atoms with E-state index < -0.39 is 0 Å². The second-order valence-electron chi connectivity index (χ2n) is 3.85. The lowest BCUT2D eigenvalue weighted by atomic mass is 10.2. The molecule has 17 heavy (non-hydrogen) atoms. The van der Waals surface area contributed by atoms with Crippen molar-refractivity contribution in [2.24, 2.45) is 0 Å². The Kier molecular flexibility index (Phi) is 7.34. The molecule has 0 aromatic carbocycles. The Bertz CT molecular complexity index is 268. The Labute approximate surface area is 103 Å². The third-order valence-electron chi connectivity index (χ3n) is 2.35. The van der Waals surface area contributed by atoms with Crippen LogP contribution in [-0.4, -0.2) is 32.0 Å². The Morgan fingerprint density at radius 3 is 2.82 bits per heavy atom. The molecule has 1 saturated heterocycles. The molecule has 0 bridgehead atoms. The normalized spacial score (nSPS) is 17.2. The molecule has 1 aliphatic heterocycles. The zero-order chi connectivity index (χ0) is 12.3. The second kappa shape index (κ2) is 8.96. The average Bonchev–Trinajstić information content (AvgIpc) is 2.84. The van der Waals surface area contributed by atoms with Gasteiger partial charge in [-0.15, -0.1) is 0 Å². The van der Waals surface area contributed by atoms with Gasteiger partial charge in [0.05, 0.1) is 19.8 Å². The highest BCUT2D eigenvalue weighted by Crippen LogP contribution is 2.01. The zero-order valence-electron chi connectivity index (χ0n) is 10.4. The number of ether oxygens (including phenoxy) is 2. The molecule has 0 saturated carbocycles. The summed E-state index contributed by atoms with van der Waals surface area (Å²) in [5, 5.41) is 2.72. The van der Waals surface area contributed by atoms with Crippen LogP contribution in [0.4, 0.5) is 0 Å². The Balaban J connectivity index is 2.06. The van der Waals surface area contributed by atoms with Crippen LogP contribution in [0.5, 0.6) is 0 Å². The number of allylic oxidation sites excluding steroid dienone is 3. The number of hydrogen-bond acceptors (Lipinski definition) is 3. The Hall–Kier alpha value is -1.13. The van der Waals surface area contributed by atoms with Crippen LogP contribution < -0.4 is 5.32 Å². The number of amides is 1. The van der Waals surface area contributed by atoms with E-state index in [2.05, 4.69) is 18.3 Å². The number of nitrogens with one attached hydrogen (secondary N) is 1. The van der Waals surface area contributed by atoms with Gasteiger partial charge in [-0.2, -0.15) is 0 Å². The molecule has 0 radical (unpaired) electrons. The zero-order valence-corrected chi connectivity index (χ0v) is 10.4. The fourth-order valence-electron chi connectivity index (χ4n) is 1.41. The maximum Gasteiger partial charge on any atom is 0.244 e. The monoisotopic (exact) mass is 239 g/mol. The summed E-state index contributed by atoms with van der Waals surface area (Å²) in [6, 6.07) is 0. The van der Waals surface area contributed by atoms with Crippen LogP contribution in [0.15, 0.2) is 24.3 Å². The van der Waals surface area contributed by atoms with E-state index in [1.807, 2.05) is 6.08 Å². The predicted molar refractivity (Wildman–Crippen MR) is 66.5 cm³/mol. The topological polar surface area (TPSA) is 47.6 Å². The van der Waals surface area contributed by atoms with Crippen molar-refractivity contribution in [1.82, 2.24) is 5.32 Å². The van der Waals surface area contributed by atoms with Crippen molar-refractivity contribution >= 4 is 5.91 Å². The van der Waals surface area contributed by atoms with Crippen LogP contribution in [-0.2, 0) is 14.3 Å². The lowest BCUT2D eigenvalue weighted by Crippen LogP contribution is -2.31. The number of carbonyl (C=O) groups excluding carboxylic acids is 1. The lowest BCUT2D eigenvalue weighted by Gasteiger charge is -2.08. The Morgan fingerprint density at radius 2 is 2.12 bits per heavy atom. The molecule has 0 aliphatic carbocycles. The van der Waals surface area contributed by atoms with Gasteiger partial charge in [-0.05, 0) is 6.42 Å². The van der Waals surface area contributed by atoms with Crippen LogP contribution in [0.2, 0.25) is 0 Å². The SMILES string of the molecule is CCCCC=CC=CC(=O)NCC1OCCO1. The van der Waals surface area contributed by atoms with Crippen molar-refractivity contribution in [3.05, 3.63) is 24.3 Å².